The molecule has 0 radical (unpaired) electrons. The number of carbonyl (C=O) groups excluding carboxylic acids is 2. The van der Waals surface area contributed by atoms with Crippen molar-refractivity contribution in [2.75, 3.05) is 20.1 Å². The van der Waals surface area contributed by atoms with Gasteiger partial charge in [-0.05, 0) is 89.6 Å². The molecule has 6 nitrogen and oxygen atoms in total. The molecule has 2 unspecified atom stereocenters. The minimum atomic E-state index is -0.286. The molecule has 5 rings (SSSR count). The number of urea groups is 1. The van der Waals surface area contributed by atoms with Gasteiger partial charge >= 0.3 is 6.03 Å². The van der Waals surface area contributed by atoms with E-state index in [1.165, 1.54) is 19.3 Å². The molecule has 146 valence electrons. The normalized spacial score (nSPS) is 40.2. The molecule has 0 aromatic heterocycles. The van der Waals surface area contributed by atoms with Crippen LogP contribution < -0.4 is 16.0 Å². The predicted molar refractivity (Wildman–Crippen MR) is 101 cm³/mol. The van der Waals surface area contributed by atoms with Gasteiger partial charge in [0.25, 0.3) is 0 Å². The second-order valence-corrected chi connectivity index (χ2v) is 9.44. The first-order chi connectivity index (χ1) is 12.5. The van der Waals surface area contributed by atoms with E-state index in [0.29, 0.717) is 6.04 Å². The first kappa shape index (κ1) is 18.2. The minimum absolute atomic E-state index is 0.0509. The Hall–Kier alpha value is -1.14. The maximum atomic E-state index is 12.6. The molecule has 0 aromatic carbocycles. The summed E-state index contributed by atoms with van der Waals surface area (Å²) >= 11 is 0. The summed E-state index contributed by atoms with van der Waals surface area (Å²) in [5.41, 5.74) is -0.0509. The fourth-order valence-electron chi connectivity index (χ4n) is 6.51. The van der Waals surface area contributed by atoms with Crippen molar-refractivity contribution in [3.63, 3.8) is 0 Å². The molecule has 1 saturated heterocycles. The van der Waals surface area contributed by atoms with Crippen LogP contribution in [0, 0.1) is 17.8 Å². The summed E-state index contributed by atoms with van der Waals surface area (Å²) in [6.45, 7) is 3.69. The van der Waals surface area contributed by atoms with Gasteiger partial charge < -0.3 is 10.6 Å². The van der Waals surface area contributed by atoms with Crippen molar-refractivity contribution in [2.45, 2.75) is 75.9 Å². The lowest BCUT2D eigenvalue weighted by Gasteiger charge is -2.56. The molecule has 26 heavy (non-hydrogen) atoms. The number of hydrogen-bond acceptors (Lipinski definition) is 4. The fraction of sp³-hybridized carbons (Fsp3) is 0.900. The minimum Gasteiger partial charge on any atom is -0.332 e. The summed E-state index contributed by atoms with van der Waals surface area (Å²) in [5.74, 6) is 2.16. The van der Waals surface area contributed by atoms with Gasteiger partial charge in [0.1, 0.15) is 0 Å². The molecule has 3 N–H and O–H groups in total. The number of imide groups is 1. The Morgan fingerprint density at radius 1 is 1.08 bits per heavy atom. The zero-order valence-corrected chi connectivity index (χ0v) is 16.2. The summed E-state index contributed by atoms with van der Waals surface area (Å²) in [4.78, 5) is 27.3. The summed E-state index contributed by atoms with van der Waals surface area (Å²) in [7, 11) is 1.97. The standard InChI is InChI=1S/C20H34N4O2/c1-13(24-5-3-4-17(12-24)21-2)18(25)22-19(26)23-20-9-14-6-15(10-20)8-16(7-14)11-20/h13-17,21H,3-12H2,1-2H3,(H2,22,23,25,26). The number of hydrogen-bond donors (Lipinski definition) is 3. The van der Waals surface area contributed by atoms with Gasteiger partial charge in [-0.15, -0.1) is 0 Å². The highest BCUT2D eigenvalue weighted by Crippen LogP contribution is 2.55. The van der Waals surface area contributed by atoms with Crippen molar-refractivity contribution in [3.8, 4) is 0 Å². The van der Waals surface area contributed by atoms with Crippen molar-refractivity contribution in [1.82, 2.24) is 20.9 Å². The Kier molecular flexibility index (Phi) is 4.99. The molecule has 1 heterocycles. The van der Waals surface area contributed by atoms with E-state index in [4.69, 9.17) is 0 Å². The highest BCUT2D eigenvalue weighted by Gasteiger charge is 2.51. The summed E-state index contributed by atoms with van der Waals surface area (Å²) in [6, 6.07) is -0.126. The van der Waals surface area contributed by atoms with Crippen LogP contribution in [0.5, 0.6) is 0 Å². The van der Waals surface area contributed by atoms with Crippen molar-refractivity contribution in [1.29, 1.82) is 0 Å². The number of amides is 3. The average molecular weight is 363 g/mol. The Morgan fingerprint density at radius 2 is 1.69 bits per heavy atom. The van der Waals surface area contributed by atoms with E-state index in [2.05, 4.69) is 20.9 Å². The maximum absolute atomic E-state index is 12.6. The van der Waals surface area contributed by atoms with E-state index in [9.17, 15) is 9.59 Å². The Morgan fingerprint density at radius 3 is 2.27 bits per heavy atom. The molecule has 0 spiro atoms. The molecular weight excluding hydrogens is 328 g/mol. The summed E-state index contributed by atoms with van der Waals surface area (Å²) in [5, 5.41) is 9.17. The fourth-order valence-corrected chi connectivity index (χ4v) is 6.51. The first-order valence-electron chi connectivity index (χ1n) is 10.5. The zero-order chi connectivity index (χ0) is 18.3. The molecule has 4 aliphatic carbocycles. The van der Waals surface area contributed by atoms with Crippen molar-refractivity contribution in [2.24, 2.45) is 17.8 Å². The average Bonchev–Trinajstić information content (AvgIpc) is 2.59. The summed E-state index contributed by atoms with van der Waals surface area (Å²) in [6.07, 6.45) is 9.58. The molecular formula is C20H34N4O2. The van der Waals surface area contributed by atoms with Crippen molar-refractivity contribution in [3.05, 3.63) is 0 Å². The van der Waals surface area contributed by atoms with Gasteiger partial charge in [-0.3, -0.25) is 15.0 Å². The topological polar surface area (TPSA) is 73.5 Å². The second-order valence-electron chi connectivity index (χ2n) is 9.44. The Bertz CT molecular complexity index is 529. The van der Waals surface area contributed by atoms with Gasteiger partial charge in [-0.1, -0.05) is 0 Å². The van der Waals surface area contributed by atoms with Gasteiger partial charge in [0.15, 0.2) is 0 Å². The zero-order valence-electron chi connectivity index (χ0n) is 16.2. The van der Waals surface area contributed by atoms with Crippen LogP contribution in [0.1, 0.15) is 58.3 Å². The third-order valence-electron chi connectivity index (χ3n) is 7.44. The summed E-state index contributed by atoms with van der Waals surface area (Å²) < 4.78 is 0. The van der Waals surface area contributed by atoms with Crippen molar-refractivity contribution >= 4 is 11.9 Å². The predicted octanol–water partition coefficient (Wildman–Crippen LogP) is 1.85. The number of rotatable bonds is 4. The van der Waals surface area contributed by atoms with Crippen LogP contribution in [0.4, 0.5) is 4.79 Å². The molecule has 4 saturated carbocycles. The molecule has 0 aromatic rings. The number of piperidine rings is 1. The van der Waals surface area contributed by atoms with Gasteiger partial charge in [0, 0.05) is 18.1 Å². The Balaban J connectivity index is 1.31. The molecule has 3 amide bonds. The van der Waals surface area contributed by atoms with E-state index in [0.717, 1.165) is 62.9 Å². The number of carbonyl (C=O) groups is 2. The lowest BCUT2D eigenvalue weighted by atomic mass is 9.53. The molecule has 5 aliphatic rings. The third kappa shape index (κ3) is 3.63. The quantitative estimate of drug-likeness (QED) is 0.714. The van der Waals surface area contributed by atoms with E-state index in [1.807, 2.05) is 14.0 Å². The van der Waals surface area contributed by atoms with Crippen molar-refractivity contribution < 1.29 is 9.59 Å². The third-order valence-corrected chi connectivity index (χ3v) is 7.44. The van der Waals surface area contributed by atoms with Gasteiger partial charge in [-0.2, -0.15) is 0 Å². The van der Waals surface area contributed by atoms with Gasteiger partial charge in [0.2, 0.25) is 5.91 Å². The van der Waals surface area contributed by atoms with E-state index >= 15 is 0 Å². The number of likely N-dealkylation sites (tertiary alicyclic amines) is 1. The SMILES string of the molecule is CNC1CCCN(C(C)C(=O)NC(=O)NC23CC4CC(CC(C4)C2)C3)C1. The molecule has 1 aliphatic heterocycles. The smallest absolute Gasteiger partial charge is 0.321 e. The van der Waals surface area contributed by atoms with E-state index in [1.54, 1.807) is 0 Å². The first-order valence-corrected chi connectivity index (χ1v) is 10.5. The van der Waals surface area contributed by atoms with E-state index in [-0.39, 0.29) is 23.5 Å². The maximum Gasteiger partial charge on any atom is 0.321 e. The van der Waals surface area contributed by atoms with Crippen LogP contribution in [0.15, 0.2) is 0 Å². The highest BCUT2D eigenvalue weighted by molar-refractivity contribution is 5.97. The second kappa shape index (κ2) is 7.12. The lowest BCUT2D eigenvalue weighted by molar-refractivity contribution is -0.125. The molecule has 6 heteroatoms. The van der Waals surface area contributed by atoms with E-state index < -0.39 is 0 Å². The molecule has 5 fully saturated rings. The van der Waals surface area contributed by atoms with Crippen LogP contribution >= 0.6 is 0 Å². The largest absolute Gasteiger partial charge is 0.332 e. The van der Waals surface area contributed by atoms with Crippen LogP contribution in [-0.2, 0) is 4.79 Å². The number of nitrogens with zero attached hydrogens (tertiary/aromatic N) is 1. The van der Waals surface area contributed by atoms with Crippen LogP contribution in [0.2, 0.25) is 0 Å². The highest BCUT2D eigenvalue weighted by atomic mass is 16.2. The van der Waals surface area contributed by atoms with Gasteiger partial charge in [-0.25, -0.2) is 4.79 Å². The lowest BCUT2D eigenvalue weighted by Crippen LogP contribution is -2.63. The van der Waals surface area contributed by atoms with Crippen LogP contribution in [0.3, 0.4) is 0 Å². The monoisotopic (exact) mass is 362 g/mol. The number of likely N-dealkylation sites (N-methyl/N-ethyl adjacent to an activating group) is 1. The van der Waals surface area contributed by atoms with Crippen LogP contribution in [-0.4, -0.2) is 54.6 Å². The Labute approximate surface area is 156 Å². The van der Waals surface area contributed by atoms with Gasteiger partial charge in [0.05, 0.1) is 6.04 Å². The van der Waals surface area contributed by atoms with Crippen LogP contribution in [0.25, 0.3) is 0 Å². The molecule has 4 bridgehead atoms. The number of nitrogens with one attached hydrogen (secondary N) is 3. The molecule has 2 atom stereocenters.